The van der Waals surface area contributed by atoms with Crippen LogP contribution in [-0.4, -0.2) is 36.7 Å². The molecule has 0 radical (unpaired) electrons. The summed E-state index contributed by atoms with van der Waals surface area (Å²) in [5.41, 5.74) is -2.31. The molecule has 0 rings (SSSR count). The van der Waals surface area contributed by atoms with E-state index in [1.807, 2.05) is 0 Å². The highest BCUT2D eigenvalue weighted by Crippen LogP contribution is 1.89. The van der Waals surface area contributed by atoms with Crippen LogP contribution >= 0.6 is 0 Å². The normalized spacial score (nSPS) is 16.8. The minimum Gasteiger partial charge on any atom is -0.390 e. The third-order valence-electron chi connectivity index (χ3n) is 0.659. The summed E-state index contributed by atoms with van der Waals surface area (Å²) in [6.07, 6.45) is 0. The first-order valence-corrected chi connectivity index (χ1v) is 3.22. The van der Waals surface area contributed by atoms with Crippen molar-refractivity contribution in [2.45, 2.75) is 5.44 Å². The molecular weight excluding hydrogens is 146 g/mol. The van der Waals surface area contributed by atoms with E-state index in [4.69, 9.17) is 20.2 Å². The van der Waals surface area contributed by atoms with Gasteiger partial charge < -0.3 is 20.2 Å². The van der Waals surface area contributed by atoms with Crippen molar-refractivity contribution in [3.8, 4) is 0 Å². The van der Waals surface area contributed by atoms with Crippen LogP contribution in [-0.2, 0) is 11.1 Å². The Kier molecular flexibility index (Phi) is 3.55. The van der Waals surface area contributed by atoms with Crippen LogP contribution in [0.5, 0.6) is 0 Å². The molecule has 2 unspecified atom stereocenters. The fourth-order valence-electron chi connectivity index (χ4n) is 0.200. The van der Waals surface area contributed by atoms with Crippen molar-refractivity contribution in [1.29, 1.82) is 5.41 Å². The molecule has 0 fully saturated rings. The minimum atomic E-state index is -2.47. The first-order valence-electron chi connectivity index (χ1n) is 2.05. The summed E-state index contributed by atoms with van der Waals surface area (Å²) in [6.45, 7) is -0.701. The van der Waals surface area contributed by atoms with Crippen LogP contribution in [0.2, 0.25) is 0 Å². The van der Waals surface area contributed by atoms with E-state index >= 15 is 0 Å². The van der Waals surface area contributed by atoms with E-state index < -0.39 is 28.8 Å². The number of nitrogens with one attached hydrogen (secondary N) is 1. The lowest BCUT2D eigenvalue weighted by Gasteiger charge is -2.02. The highest BCUT2D eigenvalue weighted by molar-refractivity contribution is 7.80. The average molecular weight is 153 g/mol. The summed E-state index contributed by atoms with van der Waals surface area (Å²) >= 11 is -2.47. The van der Waals surface area contributed by atoms with Crippen LogP contribution in [0, 0.1) is 5.41 Å². The molecule has 5 nitrogen and oxygen atoms in total. The van der Waals surface area contributed by atoms with E-state index in [9.17, 15) is 4.21 Å². The molecule has 9 heavy (non-hydrogen) atoms. The molecule has 2 atom stereocenters. The van der Waals surface area contributed by atoms with Crippen molar-refractivity contribution in [2.24, 2.45) is 0 Å². The van der Waals surface area contributed by atoms with Gasteiger partial charge in [-0.1, -0.05) is 0 Å². The van der Waals surface area contributed by atoms with E-state index in [-0.39, 0.29) is 0 Å². The third kappa shape index (κ3) is 2.66. The zero-order chi connectivity index (χ0) is 7.44. The Morgan fingerprint density at radius 3 is 2.33 bits per heavy atom. The molecule has 0 aliphatic heterocycles. The Morgan fingerprint density at radius 1 is 1.78 bits per heavy atom. The van der Waals surface area contributed by atoms with Crippen molar-refractivity contribution in [3.63, 3.8) is 0 Å². The van der Waals surface area contributed by atoms with Crippen molar-refractivity contribution >= 4 is 16.8 Å². The summed E-state index contributed by atoms with van der Waals surface area (Å²) in [5.74, 6) is 0. The Balaban J connectivity index is 3.88. The molecule has 0 aromatic heterocycles. The molecule has 0 heterocycles. The molecular formula is C3H7NO4S. The second kappa shape index (κ2) is 3.67. The predicted molar refractivity (Wildman–Crippen MR) is 31.6 cm³/mol. The highest BCUT2D eigenvalue weighted by Gasteiger charge is 2.14. The van der Waals surface area contributed by atoms with Gasteiger partial charge in [-0.25, -0.2) is 4.21 Å². The quantitative estimate of drug-likeness (QED) is 0.294. The van der Waals surface area contributed by atoms with Gasteiger partial charge in [0.2, 0.25) is 0 Å². The maximum absolute atomic E-state index is 9.91. The van der Waals surface area contributed by atoms with Crippen LogP contribution in [0.4, 0.5) is 0 Å². The Morgan fingerprint density at radius 2 is 2.22 bits per heavy atom. The van der Waals surface area contributed by atoms with E-state index in [1.165, 1.54) is 0 Å². The molecule has 0 saturated carbocycles. The Hall–Kier alpha value is -0.300. The van der Waals surface area contributed by atoms with Crippen LogP contribution in [0.3, 0.4) is 0 Å². The average Bonchev–Trinajstić information content (AvgIpc) is 1.84. The molecule has 0 aromatic rings. The molecule has 0 amide bonds. The molecule has 6 heteroatoms. The van der Waals surface area contributed by atoms with Gasteiger partial charge in [0, 0.05) is 0 Å². The summed E-state index contributed by atoms with van der Waals surface area (Å²) in [6, 6.07) is 0. The molecule has 0 aliphatic rings. The molecule has 4 N–H and O–H groups in total. The third-order valence-corrected chi connectivity index (χ3v) is 1.33. The number of hydrogen-bond acceptors (Lipinski definition) is 4. The topological polar surface area (TPSA) is 102 Å². The summed E-state index contributed by atoms with van der Waals surface area (Å²) in [5, 5.41) is 23.2. The van der Waals surface area contributed by atoms with Crippen LogP contribution in [0.15, 0.2) is 0 Å². The molecule has 0 saturated heterocycles. The van der Waals surface area contributed by atoms with Gasteiger partial charge in [0.05, 0.1) is 12.3 Å². The van der Waals surface area contributed by atoms with Gasteiger partial charge in [-0.2, -0.15) is 0 Å². The minimum absolute atomic E-state index is 0.559. The number of aliphatic hydroxyl groups excluding tert-OH is 2. The fraction of sp³-hybridized carbons (Fsp3) is 0.667. The van der Waals surface area contributed by atoms with Crippen molar-refractivity contribution in [3.05, 3.63) is 0 Å². The monoisotopic (exact) mass is 153 g/mol. The smallest absolute Gasteiger partial charge is 0.195 e. The second-order valence-electron chi connectivity index (χ2n) is 1.31. The van der Waals surface area contributed by atoms with Crippen molar-refractivity contribution in [1.82, 2.24) is 0 Å². The van der Waals surface area contributed by atoms with E-state index in [2.05, 4.69) is 0 Å². The fourth-order valence-corrected chi connectivity index (χ4v) is 0.518. The predicted octanol–water partition coefficient (Wildman–Crippen LogP) is -1.46. The lowest BCUT2D eigenvalue weighted by molar-refractivity contribution is 0.283. The first kappa shape index (κ1) is 8.70. The molecule has 54 valence electrons. The van der Waals surface area contributed by atoms with Crippen LogP contribution in [0.25, 0.3) is 0 Å². The second-order valence-corrected chi connectivity index (χ2v) is 2.31. The largest absolute Gasteiger partial charge is 0.390 e. The zero-order valence-corrected chi connectivity index (χ0v) is 5.26. The van der Waals surface area contributed by atoms with Gasteiger partial charge in [0.15, 0.2) is 16.5 Å². The first-order chi connectivity index (χ1) is 4.09. The van der Waals surface area contributed by atoms with E-state index in [0.717, 1.165) is 0 Å². The number of rotatable bonds is 3. The van der Waals surface area contributed by atoms with Crippen molar-refractivity contribution < 1.29 is 19.0 Å². The Bertz CT molecular complexity index is 136. The van der Waals surface area contributed by atoms with Crippen molar-refractivity contribution in [2.75, 3.05) is 6.61 Å². The van der Waals surface area contributed by atoms with Gasteiger partial charge in [-0.05, 0) is 0 Å². The molecule has 0 bridgehead atoms. The zero-order valence-electron chi connectivity index (χ0n) is 4.44. The lowest BCUT2D eigenvalue weighted by atomic mass is 10.4. The van der Waals surface area contributed by atoms with E-state index in [0.29, 0.717) is 0 Å². The van der Waals surface area contributed by atoms with Crippen LogP contribution in [0.1, 0.15) is 0 Å². The lowest BCUT2D eigenvalue weighted by Crippen LogP contribution is -2.26. The van der Waals surface area contributed by atoms with Gasteiger partial charge in [0.25, 0.3) is 0 Å². The molecule has 0 spiro atoms. The van der Waals surface area contributed by atoms with Gasteiger partial charge in [0.1, 0.15) is 0 Å². The number of hydrogen-bond donors (Lipinski definition) is 4. The van der Waals surface area contributed by atoms with Gasteiger partial charge in [-0.3, -0.25) is 0 Å². The number of aliphatic hydroxyl groups is 2. The summed E-state index contributed by atoms with van der Waals surface area (Å²) in [7, 11) is 0. The van der Waals surface area contributed by atoms with Crippen LogP contribution < -0.4 is 0 Å². The SMILES string of the molecule is N=C(CO)C(O)S(=O)O. The van der Waals surface area contributed by atoms with E-state index in [1.54, 1.807) is 0 Å². The maximum atomic E-state index is 9.91. The summed E-state index contributed by atoms with van der Waals surface area (Å²) in [4.78, 5) is 0. The summed E-state index contributed by atoms with van der Waals surface area (Å²) < 4.78 is 18.0. The highest BCUT2D eigenvalue weighted by atomic mass is 32.2. The van der Waals surface area contributed by atoms with Gasteiger partial charge in [-0.15, -0.1) is 0 Å². The molecule has 0 aromatic carbocycles. The standard InChI is InChI=1S/C3H7NO4S/c4-2(1-5)3(6)9(7)8/h3-6H,1H2,(H,7,8). The molecule has 0 aliphatic carbocycles. The van der Waals surface area contributed by atoms with Gasteiger partial charge >= 0.3 is 0 Å². The maximum Gasteiger partial charge on any atom is 0.195 e. The Labute approximate surface area is 54.1 Å².